The first kappa shape index (κ1) is 19.0. The van der Waals surface area contributed by atoms with Gasteiger partial charge in [0.15, 0.2) is 0 Å². The van der Waals surface area contributed by atoms with Gasteiger partial charge in [-0.3, -0.25) is 10.8 Å². The minimum atomic E-state index is -0.279. The van der Waals surface area contributed by atoms with Gasteiger partial charge in [-0.2, -0.15) is 0 Å². The van der Waals surface area contributed by atoms with Gasteiger partial charge in [0.25, 0.3) is 12.0 Å². The number of hydrogen-bond acceptors (Lipinski definition) is 4. The summed E-state index contributed by atoms with van der Waals surface area (Å²) in [6, 6.07) is 23.8. The van der Waals surface area contributed by atoms with E-state index in [2.05, 4.69) is 24.3 Å². The molecule has 0 radical (unpaired) electrons. The molecule has 0 aromatic heterocycles. The summed E-state index contributed by atoms with van der Waals surface area (Å²) < 4.78 is 10.0. The molecule has 3 rings (SSSR count). The van der Waals surface area contributed by atoms with E-state index in [4.69, 9.17) is 31.8 Å². The summed E-state index contributed by atoms with van der Waals surface area (Å²) in [5, 5.41) is 14.2. The molecule has 0 atom stereocenters. The topological polar surface area (TPSA) is 118 Å². The number of hydrogen-bond donors (Lipinski definition) is 4. The Bertz CT molecular complexity index is 869. The van der Waals surface area contributed by atoms with Crippen molar-refractivity contribution in [3.63, 3.8) is 0 Å². The third-order valence-corrected chi connectivity index (χ3v) is 4.25. The summed E-state index contributed by atoms with van der Waals surface area (Å²) in [5.74, 6) is 0. The van der Waals surface area contributed by atoms with Crippen LogP contribution in [-0.2, 0) is 22.7 Å². The molecule has 142 valence electrons. The number of ether oxygens (including phenoxy) is 2. The second-order valence-electron chi connectivity index (χ2n) is 6.28. The molecule has 0 fully saturated rings. The average molecular weight is 374 g/mol. The number of nitrogens with two attached hydrogens (primary N) is 2. The Morgan fingerprint density at radius 3 is 1.04 bits per heavy atom. The number of benzene rings is 3. The third kappa shape index (κ3) is 5.11. The molecular formula is C22H22N4O2. The van der Waals surface area contributed by atoms with Crippen molar-refractivity contribution < 1.29 is 9.47 Å². The first-order valence-electron chi connectivity index (χ1n) is 8.73. The largest absolute Gasteiger partial charge is 0.461 e. The first-order valence-corrected chi connectivity index (χ1v) is 8.73. The Morgan fingerprint density at radius 1 is 0.536 bits per heavy atom. The molecule has 0 amide bonds. The molecule has 0 aliphatic rings. The Labute approximate surface area is 163 Å². The fourth-order valence-corrected chi connectivity index (χ4v) is 2.76. The Balaban J connectivity index is 1.67. The van der Waals surface area contributed by atoms with E-state index in [1.54, 1.807) is 0 Å². The van der Waals surface area contributed by atoms with Crippen LogP contribution in [0.3, 0.4) is 0 Å². The van der Waals surface area contributed by atoms with Crippen LogP contribution in [-0.4, -0.2) is 12.0 Å². The van der Waals surface area contributed by atoms with Gasteiger partial charge in [0.05, 0.1) is 0 Å². The molecule has 0 unspecified atom stereocenters. The number of amidine groups is 2. The van der Waals surface area contributed by atoms with Crippen molar-refractivity contribution in [2.24, 2.45) is 11.5 Å². The minimum Gasteiger partial charge on any atom is -0.461 e. The lowest BCUT2D eigenvalue weighted by molar-refractivity contribution is 0.284. The third-order valence-electron chi connectivity index (χ3n) is 4.25. The highest BCUT2D eigenvalue weighted by atomic mass is 16.5. The molecule has 0 heterocycles. The van der Waals surface area contributed by atoms with Crippen LogP contribution in [0.1, 0.15) is 11.1 Å². The van der Waals surface area contributed by atoms with E-state index in [1.165, 1.54) is 0 Å². The van der Waals surface area contributed by atoms with Crippen LogP contribution in [0.15, 0.2) is 72.8 Å². The highest BCUT2D eigenvalue weighted by Crippen LogP contribution is 2.25. The fourth-order valence-electron chi connectivity index (χ4n) is 2.76. The molecule has 3 aromatic carbocycles. The zero-order chi connectivity index (χ0) is 19.9. The number of rotatable bonds is 6. The highest BCUT2D eigenvalue weighted by Gasteiger charge is 2.03. The summed E-state index contributed by atoms with van der Waals surface area (Å²) in [6.45, 7) is 0.587. The summed E-state index contributed by atoms with van der Waals surface area (Å²) in [6.07, 6.45) is 0. The van der Waals surface area contributed by atoms with Crippen LogP contribution >= 0.6 is 0 Å². The van der Waals surface area contributed by atoms with Crippen LogP contribution in [0.4, 0.5) is 0 Å². The monoisotopic (exact) mass is 374 g/mol. The lowest BCUT2D eigenvalue weighted by Crippen LogP contribution is -2.13. The van der Waals surface area contributed by atoms with Crippen LogP contribution in [0, 0.1) is 10.8 Å². The Hall–Kier alpha value is -3.80. The quantitative estimate of drug-likeness (QED) is 0.387. The molecule has 6 N–H and O–H groups in total. The van der Waals surface area contributed by atoms with Crippen molar-refractivity contribution in [3.05, 3.63) is 83.9 Å². The maximum absolute atomic E-state index is 7.10. The van der Waals surface area contributed by atoms with Gasteiger partial charge in [-0.05, 0) is 33.4 Å². The SMILES string of the molecule is N=C(N)OCc1ccc(-c2ccc(-c3ccc(COC(=N)N)cc3)cc2)cc1. The van der Waals surface area contributed by atoms with Gasteiger partial charge in [0, 0.05) is 0 Å². The van der Waals surface area contributed by atoms with Crippen LogP contribution in [0.25, 0.3) is 22.3 Å². The summed E-state index contributed by atoms with van der Waals surface area (Å²) in [5.41, 5.74) is 16.8. The summed E-state index contributed by atoms with van der Waals surface area (Å²) in [4.78, 5) is 0. The fraction of sp³-hybridized carbons (Fsp3) is 0.0909. The zero-order valence-electron chi connectivity index (χ0n) is 15.3. The molecular weight excluding hydrogens is 352 g/mol. The molecule has 0 spiro atoms. The molecule has 0 saturated carbocycles. The van der Waals surface area contributed by atoms with Gasteiger partial charge < -0.3 is 20.9 Å². The van der Waals surface area contributed by atoms with Gasteiger partial charge in [-0.25, -0.2) is 0 Å². The standard InChI is InChI=1S/C22H22N4O2/c23-21(24)27-13-15-1-5-17(6-2-15)19-9-11-20(12-10-19)18-7-3-16(4-8-18)14-28-22(25)26/h1-12H,13-14H2,(H3,23,24)(H3,25,26). The smallest absolute Gasteiger partial charge is 0.279 e. The second kappa shape index (κ2) is 8.73. The predicted molar refractivity (Wildman–Crippen MR) is 111 cm³/mol. The zero-order valence-corrected chi connectivity index (χ0v) is 15.3. The van der Waals surface area contributed by atoms with Crippen LogP contribution < -0.4 is 11.5 Å². The predicted octanol–water partition coefficient (Wildman–Crippen LogP) is 3.84. The van der Waals surface area contributed by atoms with Crippen molar-refractivity contribution in [3.8, 4) is 22.3 Å². The molecule has 6 heteroatoms. The normalized spacial score (nSPS) is 10.3. The Morgan fingerprint density at radius 2 is 0.786 bits per heavy atom. The van der Waals surface area contributed by atoms with Gasteiger partial charge in [0.2, 0.25) is 0 Å². The van der Waals surface area contributed by atoms with Crippen molar-refractivity contribution in [1.29, 1.82) is 10.8 Å². The minimum absolute atomic E-state index is 0.279. The van der Waals surface area contributed by atoms with E-state index in [0.29, 0.717) is 13.2 Å². The lowest BCUT2D eigenvalue weighted by atomic mass is 9.99. The van der Waals surface area contributed by atoms with Gasteiger partial charge >= 0.3 is 0 Å². The van der Waals surface area contributed by atoms with Crippen LogP contribution in [0.2, 0.25) is 0 Å². The second-order valence-corrected chi connectivity index (χ2v) is 6.28. The molecule has 28 heavy (non-hydrogen) atoms. The van der Waals surface area contributed by atoms with Gasteiger partial charge in [0.1, 0.15) is 13.2 Å². The lowest BCUT2D eigenvalue weighted by Gasteiger charge is -2.08. The van der Waals surface area contributed by atoms with E-state index in [1.807, 2.05) is 48.5 Å². The van der Waals surface area contributed by atoms with Crippen molar-refractivity contribution in [2.45, 2.75) is 13.2 Å². The highest BCUT2D eigenvalue weighted by molar-refractivity contribution is 5.71. The van der Waals surface area contributed by atoms with Gasteiger partial charge in [-0.15, -0.1) is 0 Å². The maximum Gasteiger partial charge on any atom is 0.279 e. The van der Waals surface area contributed by atoms with Crippen molar-refractivity contribution >= 4 is 12.0 Å². The van der Waals surface area contributed by atoms with Crippen LogP contribution in [0.5, 0.6) is 0 Å². The number of nitrogens with one attached hydrogen (secondary N) is 2. The Kier molecular flexibility index (Phi) is 5.91. The molecule has 0 bridgehead atoms. The molecule has 6 nitrogen and oxygen atoms in total. The van der Waals surface area contributed by atoms with Crippen molar-refractivity contribution in [1.82, 2.24) is 0 Å². The summed E-state index contributed by atoms with van der Waals surface area (Å²) >= 11 is 0. The van der Waals surface area contributed by atoms with Gasteiger partial charge in [-0.1, -0.05) is 72.8 Å². The van der Waals surface area contributed by atoms with E-state index in [-0.39, 0.29) is 12.0 Å². The summed E-state index contributed by atoms with van der Waals surface area (Å²) in [7, 11) is 0. The van der Waals surface area contributed by atoms with E-state index in [9.17, 15) is 0 Å². The van der Waals surface area contributed by atoms with Crippen molar-refractivity contribution in [2.75, 3.05) is 0 Å². The maximum atomic E-state index is 7.10. The molecule has 0 aliphatic carbocycles. The van der Waals surface area contributed by atoms with E-state index < -0.39 is 0 Å². The molecule has 0 aliphatic heterocycles. The van der Waals surface area contributed by atoms with E-state index in [0.717, 1.165) is 33.4 Å². The average Bonchev–Trinajstić information content (AvgIpc) is 2.72. The molecule has 3 aromatic rings. The molecule has 0 saturated heterocycles. The van der Waals surface area contributed by atoms with E-state index >= 15 is 0 Å². The first-order chi connectivity index (χ1) is 13.5.